The number of amides is 1. The average molecular weight is 213 g/mol. The van der Waals surface area contributed by atoms with Gasteiger partial charge in [-0.25, -0.2) is 0 Å². The highest BCUT2D eigenvalue weighted by Crippen LogP contribution is 2.31. The molecule has 0 aliphatic heterocycles. The van der Waals surface area contributed by atoms with Crippen molar-refractivity contribution in [2.75, 3.05) is 19.7 Å². The Kier molecular flexibility index (Phi) is 5.09. The standard InChI is InChI=1S/C12H23NO2/c1-3-13(4-2)12(15)11-8-6-5-7-10(11)9-14/h10-11,14H,3-9H2,1-2H3. The van der Waals surface area contributed by atoms with Gasteiger partial charge in [-0.15, -0.1) is 0 Å². The molecule has 1 saturated carbocycles. The maximum atomic E-state index is 12.1. The van der Waals surface area contributed by atoms with Crippen LogP contribution in [0.25, 0.3) is 0 Å². The molecule has 1 fully saturated rings. The van der Waals surface area contributed by atoms with Crippen molar-refractivity contribution in [2.24, 2.45) is 11.8 Å². The first-order valence-corrected chi connectivity index (χ1v) is 6.14. The van der Waals surface area contributed by atoms with E-state index in [2.05, 4.69) is 0 Å². The average Bonchev–Trinajstić information content (AvgIpc) is 2.30. The predicted molar refractivity (Wildman–Crippen MR) is 60.5 cm³/mol. The minimum atomic E-state index is 0.0728. The summed E-state index contributed by atoms with van der Waals surface area (Å²) in [5.74, 6) is 0.522. The van der Waals surface area contributed by atoms with E-state index in [1.165, 1.54) is 0 Å². The Labute approximate surface area is 92.5 Å². The van der Waals surface area contributed by atoms with Crippen molar-refractivity contribution < 1.29 is 9.90 Å². The van der Waals surface area contributed by atoms with Gasteiger partial charge in [0.25, 0.3) is 0 Å². The van der Waals surface area contributed by atoms with Crippen molar-refractivity contribution in [1.29, 1.82) is 0 Å². The van der Waals surface area contributed by atoms with Crippen LogP contribution in [0.4, 0.5) is 0 Å². The summed E-state index contributed by atoms with van der Waals surface area (Å²) >= 11 is 0. The fraction of sp³-hybridized carbons (Fsp3) is 0.917. The molecule has 0 radical (unpaired) electrons. The Bertz CT molecular complexity index is 202. The van der Waals surface area contributed by atoms with E-state index in [1.807, 2.05) is 18.7 Å². The van der Waals surface area contributed by atoms with E-state index in [-0.39, 0.29) is 24.3 Å². The Morgan fingerprint density at radius 3 is 2.40 bits per heavy atom. The van der Waals surface area contributed by atoms with Crippen LogP contribution in [0.15, 0.2) is 0 Å². The third kappa shape index (κ3) is 2.94. The van der Waals surface area contributed by atoms with Crippen LogP contribution in [-0.2, 0) is 4.79 Å². The monoisotopic (exact) mass is 213 g/mol. The van der Waals surface area contributed by atoms with Crippen LogP contribution in [0.1, 0.15) is 39.5 Å². The minimum absolute atomic E-state index is 0.0728. The molecule has 1 aliphatic rings. The van der Waals surface area contributed by atoms with Gasteiger partial charge in [0, 0.05) is 25.6 Å². The summed E-state index contributed by atoms with van der Waals surface area (Å²) in [6.45, 7) is 5.75. The lowest BCUT2D eigenvalue weighted by molar-refractivity contribution is -0.138. The Morgan fingerprint density at radius 2 is 1.87 bits per heavy atom. The summed E-state index contributed by atoms with van der Waals surface area (Å²) in [7, 11) is 0. The van der Waals surface area contributed by atoms with Crippen molar-refractivity contribution in [3.8, 4) is 0 Å². The maximum absolute atomic E-state index is 12.1. The molecule has 0 spiro atoms. The molecule has 3 heteroatoms. The highest BCUT2D eigenvalue weighted by molar-refractivity contribution is 5.79. The van der Waals surface area contributed by atoms with Gasteiger partial charge in [-0.3, -0.25) is 4.79 Å². The van der Waals surface area contributed by atoms with Gasteiger partial charge in [0.15, 0.2) is 0 Å². The van der Waals surface area contributed by atoms with Crippen molar-refractivity contribution in [3.63, 3.8) is 0 Å². The second kappa shape index (κ2) is 6.11. The molecule has 1 aliphatic carbocycles. The van der Waals surface area contributed by atoms with E-state index in [0.717, 1.165) is 38.8 Å². The molecule has 1 rings (SSSR count). The third-order valence-electron chi connectivity index (χ3n) is 3.54. The lowest BCUT2D eigenvalue weighted by Crippen LogP contribution is -2.41. The summed E-state index contributed by atoms with van der Waals surface area (Å²) in [5, 5.41) is 9.27. The lowest BCUT2D eigenvalue weighted by Gasteiger charge is -2.33. The Balaban J connectivity index is 2.62. The number of aliphatic hydroxyl groups is 1. The van der Waals surface area contributed by atoms with Gasteiger partial charge in [-0.2, -0.15) is 0 Å². The maximum Gasteiger partial charge on any atom is 0.226 e. The van der Waals surface area contributed by atoms with Crippen LogP contribution < -0.4 is 0 Å². The smallest absolute Gasteiger partial charge is 0.226 e. The molecule has 0 bridgehead atoms. The zero-order valence-corrected chi connectivity index (χ0v) is 9.91. The molecule has 1 N–H and O–H groups in total. The number of carbonyl (C=O) groups excluding carboxylic acids is 1. The van der Waals surface area contributed by atoms with Crippen LogP contribution in [0.5, 0.6) is 0 Å². The molecule has 1 amide bonds. The van der Waals surface area contributed by atoms with Crippen LogP contribution in [-0.4, -0.2) is 35.6 Å². The van der Waals surface area contributed by atoms with Crippen molar-refractivity contribution in [2.45, 2.75) is 39.5 Å². The third-order valence-corrected chi connectivity index (χ3v) is 3.54. The van der Waals surface area contributed by atoms with Gasteiger partial charge >= 0.3 is 0 Å². The first-order valence-electron chi connectivity index (χ1n) is 6.14. The van der Waals surface area contributed by atoms with E-state index >= 15 is 0 Å². The molecule has 2 atom stereocenters. The number of carbonyl (C=O) groups is 1. The molecule has 15 heavy (non-hydrogen) atoms. The molecular formula is C12H23NO2. The number of hydrogen-bond donors (Lipinski definition) is 1. The molecular weight excluding hydrogens is 190 g/mol. The quantitative estimate of drug-likeness (QED) is 0.771. The molecule has 88 valence electrons. The highest BCUT2D eigenvalue weighted by Gasteiger charge is 2.32. The summed E-state index contributed by atoms with van der Waals surface area (Å²) in [5.41, 5.74) is 0. The first-order chi connectivity index (χ1) is 7.24. The van der Waals surface area contributed by atoms with E-state index in [1.54, 1.807) is 0 Å². The molecule has 3 nitrogen and oxygen atoms in total. The lowest BCUT2D eigenvalue weighted by atomic mass is 9.79. The largest absolute Gasteiger partial charge is 0.396 e. The number of aliphatic hydroxyl groups excluding tert-OH is 1. The van der Waals surface area contributed by atoms with Gasteiger partial charge in [0.1, 0.15) is 0 Å². The van der Waals surface area contributed by atoms with E-state index in [9.17, 15) is 9.90 Å². The van der Waals surface area contributed by atoms with Crippen LogP contribution in [0.2, 0.25) is 0 Å². The van der Waals surface area contributed by atoms with Gasteiger partial charge in [0.05, 0.1) is 0 Å². The molecule has 2 unspecified atom stereocenters. The zero-order chi connectivity index (χ0) is 11.3. The molecule has 0 saturated heterocycles. The Hall–Kier alpha value is -0.570. The fourth-order valence-electron chi connectivity index (χ4n) is 2.52. The van der Waals surface area contributed by atoms with Crippen molar-refractivity contribution >= 4 is 5.91 Å². The normalized spacial score (nSPS) is 26.3. The summed E-state index contributed by atoms with van der Waals surface area (Å²) in [6, 6.07) is 0. The second-order valence-corrected chi connectivity index (χ2v) is 4.34. The number of rotatable bonds is 4. The van der Waals surface area contributed by atoms with Gasteiger partial charge < -0.3 is 10.0 Å². The predicted octanol–water partition coefficient (Wildman–Crippen LogP) is 1.65. The molecule has 0 heterocycles. The van der Waals surface area contributed by atoms with Crippen molar-refractivity contribution in [1.82, 2.24) is 4.90 Å². The SMILES string of the molecule is CCN(CC)C(=O)C1CCCCC1CO. The number of hydrogen-bond acceptors (Lipinski definition) is 2. The summed E-state index contributed by atoms with van der Waals surface area (Å²) in [4.78, 5) is 14.0. The van der Waals surface area contributed by atoms with Gasteiger partial charge in [-0.05, 0) is 32.6 Å². The van der Waals surface area contributed by atoms with E-state index < -0.39 is 0 Å². The minimum Gasteiger partial charge on any atom is -0.396 e. The van der Waals surface area contributed by atoms with Crippen LogP contribution in [0.3, 0.4) is 0 Å². The summed E-state index contributed by atoms with van der Waals surface area (Å²) < 4.78 is 0. The van der Waals surface area contributed by atoms with E-state index in [0.29, 0.717) is 0 Å². The fourth-order valence-corrected chi connectivity index (χ4v) is 2.52. The van der Waals surface area contributed by atoms with Gasteiger partial charge in [-0.1, -0.05) is 12.8 Å². The van der Waals surface area contributed by atoms with Gasteiger partial charge in [0.2, 0.25) is 5.91 Å². The topological polar surface area (TPSA) is 40.5 Å². The summed E-state index contributed by atoms with van der Waals surface area (Å²) in [6.07, 6.45) is 4.26. The first kappa shape index (κ1) is 12.5. The molecule has 0 aromatic carbocycles. The second-order valence-electron chi connectivity index (χ2n) is 4.34. The van der Waals surface area contributed by atoms with Crippen LogP contribution >= 0.6 is 0 Å². The molecule has 0 aromatic rings. The number of nitrogens with zero attached hydrogens (tertiary/aromatic N) is 1. The van der Waals surface area contributed by atoms with E-state index in [4.69, 9.17) is 0 Å². The Morgan fingerprint density at radius 1 is 1.27 bits per heavy atom. The van der Waals surface area contributed by atoms with Crippen molar-refractivity contribution in [3.05, 3.63) is 0 Å². The highest BCUT2D eigenvalue weighted by atomic mass is 16.3. The molecule has 0 aromatic heterocycles. The van der Waals surface area contributed by atoms with Crippen LogP contribution in [0, 0.1) is 11.8 Å². The zero-order valence-electron chi connectivity index (χ0n) is 9.91.